The number of hydrogen-bond donors (Lipinski definition) is 2. The van der Waals surface area contributed by atoms with Gasteiger partial charge in [0.1, 0.15) is 0 Å². The van der Waals surface area contributed by atoms with Crippen LogP contribution in [0.2, 0.25) is 0 Å². The number of nitrogens with one attached hydrogen (secondary N) is 2. The van der Waals surface area contributed by atoms with Crippen molar-refractivity contribution in [1.82, 2.24) is 9.97 Å². The van der Waals surface area contributed by atoms with Gasteiger partial charge in [-0.3, -0.25) is 9.78 Å². The van der Waals surface area contributed by atoms with Gasteiger partial charge in [-0.1, -0.05) is 0 Å². The predicted octanol–water partition coefficient (Wildman–Crippen LogP) is -1.28. The molecule has 1 heterocycles. The van der Waals surface area contributed by atoms with Gasteiger partial charge >= 0.3 is 35.2 Å². The fraction of sp³-hybridized carbons (Fsp3) is 0.200. The second-order valence-corrected chi connectivity index (χ2v) is 1.77. The van der Waals surface area contributed by atoms with Gasteiger partial charge < -0.3 is 4.98 Å². The molecule has 0 radical (unpaired) electrons. The Morgan fingerprint density at radius 3 is 2.30 bits per heavy atom. The summed E-state index contributed by atoms with van der Waals surface area (Å²) in [5.74, 6) is 0. The number of aromatic amines is 2. The van der Waals surface area contributed by atoms with Gasteiger partial charge in [-0.05, 0) is 6.92 Å². The Kier molecular flexibility index (Phi) is 3.63. The first kappa shape index (κ1) is 9.68. The normalized spacial score (nSPS) is 8.50. The topological polar surface area (TPSA) is 65.7 Å². The first-order chi connectivity index (χ1) is 4.18. The van der Waals surface area contributed by atoms with Gasteiger partial charge in [0.15, 0.2) is 0 Å². The first-order valence-electron chi connectivity index (χ1n) is 2.49. The molecule has 5 heteroatoms. The van der Waals surface area contributed by atoms with Gasteiger partial charge in [0.2, 0.25) is 0 Å². The number of aryl methyl sites for hydroxylation is 1. The van der Waals surface area contributed by atoms with Gasteiger partial charge in [0.05, 0.1) is 0 Å². The molecule has 0 aliphatic heterocycles. The van der Waals surface area contributed by atoms with Crippen LogP contribution < -0.4 is 11.2 Å². The van der Waals surface area contributed by atoms with Gasteiger partial charge in [0.25, 0.3) is 5.56 Å². The Balaban J connectivity index is 0.000000810. The third kappa shape index (κ3) is 2.51. The average molecular weight is 150 g/mol. The third-order valence-electron chi connectivity index (χ3n) is 0.895. The van der Waals surface area contributed by atoms with Gasteiger partial charge in [0, 0.05) is 11.8 Å². The van der Waals surface area contributed by atoms with E-state index < -0.39 is 5.69 Å². The van der Waals surface area contributed by atoms with Crippen LogP contribution in [0.25, 0.3) is 0 Å². The second kappa shape index (κ2) is 3.75. The van der Waals surface area contributed by atoms with Crippen LogP contribution >= 0.6 is 0 Å². The van der Waals surface area contributed by atoms with Crippen molar-refractivity contribution in [3.8, 4) is 0 Å². The van der Waals surface area contributed by atoms with Crippen LogP contribution in [0.15, 0.2) is 15.7 Å². The molecule has 1 aromatic rings. The Bertz CT molecular complexity index is 286. The van der Waals surface area contributed by atoms with Crippen molar-refractivity contribution in [1.29, 1.82) is 0 Å². The molecule has 0 atom stereocenters. The van der Waals surface area contributed by atoms with Crippen LogP contribution in [0, 0.1) is 6.92 Å². The van der Waals surface area contributed by atoms with E-state index in [1.807, 2.05) is 4.98 Å². The Hall–Kier alpha value is -0.320. The molecule has 0 unspecified atom stereocenters. The van der Waals surface area contributed by atoms with Crippen molar-refractivity contribution in [3.05, 3.63) is 32.6 Å². The third-order valence-corrected chi connectivity index (χ3v) is 0.895. The van der Waals surface area contributed by atoms with E-state index in [9.17, 15) is 9.59 Å². The number of H-pyrrole nitrogens is 2. The summed E-state index contributed by atoms with van der Waals surface area (Å²) < 4.78 is 0. The Morgan fingerprint density at radius 2 is 1.90 bits per heavy atom. The molecule has 0 fully saturated rings. The first-order valence-corrected chi connectivity index (χ1v) is 2.49. The zero-order valence-corrected chi connectivity index (χ0v) is 4.89. The standard InChI is InChI=1S/C5H6N2O2.Na.H/c1-3-2-4(8)7-5(9)6-3;;/h2H,1H3,(H2,6,7,8,9);;. The summed E-state index contributed by atoms with van der Waals surface area (Å²) in [6.07, 6.45) is 0. The second-order valence-electron chi connectivity index (χ2n) is 1.77. The molecule has 0 saturated heterocycles. The van der Waals surface area contributed by atoms with Crippen molar-refractivity contribution in [3.63, 3.8) is 0 Å². The molecule has 0 bridgehead atoms. The summed E-state index contributed by atoms with van der Waals surface area (Å²) in [7, 11) is 0. The minimum atomic E-state index is -0.458. The van der Waals surface area contributed by atoms with Gasteiger partial charge in [-0.15, -0.1) is 0 Å². The molecular formula is C5H7N2NaO2. The summed E-state index contributed by atoms with van der Waals surface area (Å²) in [4.78, 5) is 25.3. The zero-order valence-electron chi connectivity index (χ0n) is 4.89. The molecule has 0 aliphatic carbocycles. The van der Waals surface area contributed by atoms with Crippen LogP contribution in [-0.4, -0.2) is 39.5 Å². The number of hydrogen-bond acceptors (Lipinski definition) is 2. The average Bonchev–Trinajstić information content (AvgIpc) is 1.59. The zero-order chi connectivity index (χ0) is 6.85. The van der Waals surface area contributed by atoms with E-state index in [0.717, 1.165) is 0 Å². The fourth-order valence-electron chi connectivity index (χ4n) is 0.591. The molecule has 4 nitrogen and oxygen atoms in total. The molecule has 0 aliphatic rings. The minimum absolute atomic E-state index is 0. The van der Waals surface area contributed by atoms with E-state index in [-0.39, 0.29) is 35.1 Å². The summed E-state index contributed by atoms with van der Waals surface area (Å²) in [5, 5.41) is 0. The maximum atomic E-state index is 10.4. The quantitative estimate of drug-likeness (QED) is 0.452. The molecule has 0 aromatic carbocycles. The van der Waals surface area contributed by atoms with E-state index in [0.29, 0.717) is 5.69 Å². The molecule has 1 rings (SSSR count). The molecule has 2 N–H and O–H groups in total. The van der Waals surface area contributed by atoms with Crippen molar-refractivity contribution < 1.29 is 0 Å². The Morgan fingerprint density at radius 1 is 1.30 bits per heavy atom. The predicted molar refractivity (Wildman–Crippen MR) is 39.6 cm³/mol. The molecule has 1 aromatic heterocycles. The van der Waals surface area contributed by atoms with Crippen LogP contribution in [0.3, 0.4) is 0 Å². The molecule has 0 amide bonds. The number of aromatic nitrogens is 2. The monoisotopic (exact) mass is 150 g/mol. The van der Waals surface area contributed by atoms with Crippen molar-refractivity contribution >= 4 is 29.6 Å². The van der Waals surface area contributed by atoms with Crippen LogP contribution in [0.5, 0.6) is 0 Å². The molecule has 0 saturated carbocycles. The van der Waals surface area contributed by atoms with Crippen molar-refractivity contribution in [2.24, 2.45) is 0 Å². The van der Waals surface area contributed by atoms with Gasteiger partial charge in [-0.2, -0.15) is 0 Å². The Labute approximate surface area is 79.0 Å². The van der Waals surface area contributed by atoms with Crippen LogP contribution in [0.1, 0.15) is 5.69 Å². The fourth-order valence-corrected chi connectivity index (χ4v) is 0.591. The van der Waals surface area contributed by atoms with Crippen molar-refractivity contribution in [2.45, 2.75) is 6.92 Å². The molecule has 0 spiro atoms. The van der Waals surface area contributed by atoms with E-state index in [2.05, 4.69) is 4.98 Å². The number of rotatable bonds is 0. The SMILES string of the molecule is Cc1cc(=O)[nH]c(=O)[nH]1.[NaH]. The summed E-state index contributed by atoms with van der Waals surface area (Å²) in [5.41, 5.74) is -0.250. The maximum absolute atomic E-state index is 10.4. The van der Waals surface area contributed by atoms with Gasteiger partial charge in [-0.25, -0.2) is 4.79 Å². The van der Waals surface area contributed by atoms with E-state index >= 15 is 0 Å². The molecule has 50 valence electrons. The van der Waals surface area contributed by atoms with Crippen molar-refractivity contribution in [2.75, 3.05) is 0 Å². The van der Waals surface area contributed by atoms with E-state index in [1.54, 1.807) is 6.92 Å². The summed E-state index contributed by atoms with van der Waals surface area (Å²) in [6, 6.07) is 1.32. The summed E-state index contributed by atoms with van der Waals surface area (Å²) in [6.45, 7) is 1.65. The molecular weight excluding hydrogens is 143 g/mol. The van der Waals surface area contributed by atoms with E-state index in [4.69, 9.17) is 0 Å². The van der Waals surface area contributed by atoms with Crippen LogP contribution in [0.4, 0.5) is 0 Å². The van der Waals surface area contributed by atoms with E-state index in [1.165, 1.54) is 6.07 Å². The van der Waals surface area contributed by atoms with Crippen LogP contribution in [-0.2, 0) is 0 Å². The summed E-state index contributed by atoms with van der Waals surface area (Å²) >= 11 is 0. The molecule has 10 heavy (non-hydrogen) atoms.